The van der Waals surface area contributed by atoms with Crippen molar-refractivity contribution in [2.45, 2.75) is 37.9 Å². The number of thioether (sulfide) groups is 1. The summed E-state index contributed by atoms with van der Waals surface area (Å²) in [5.41, 5.74) is 1.83. The molecule has 1 N–H and O–H groups in total. The first-order valence-electron chi connectivity index (χ1n) is 6.48. The molecule has 2 rings (SSSR count). The fourth-order valence-electron chi connectivity index (χ4n) is 2.17. The molecule has 0 radical (unpaired) electrons. The lowest BCUT2D eigenvalue weighted by molar-refractivity contribution is -0.133. The number of carbonyl (C=O) groups is 1. The summed E-state index contributed by atoms with van der Waals surface area (Å²) in [5.74, 6) is -1.23. The van der Waals surface area contributed by atoms with Crippen molar-refractivity contribution in [3.63, 3.8) is 0 Å². The van der Waals surface area contributed by atoms with Gasteiger partial charge >= 0.3 is 5.97 Å². The Kier molecular flexibility index (Phi) is 4.81. The molecule has 0 amide bonds. The van der Waals surface area contributed by atoms with E-state index in [0.717, 1.165) is 23.9 Å². The number of hydrogen-bond acceptors (Lipinski definition) is 4. The summed E-state index contributed by atoms with van der Waals surface area (Å²) in [7, 11) is 1.68. The lowest BCUT2D eigenvalue weighted by atomic mass is 10.2. The molecule has 0 saturated carbocycles. The van der Waals surface area contributed by atoms with Gasteiger partial charge in [-0.1, -0.05) is 25.1 Å². The zero-order valence-electron chi connectivity index (χ0n) is 11.7. The number of alkyl halides is 2. The molecule has 6 nitrogen and oxygen atoms in total. The second kappa shape index (κ2) is 6.42. The van der Waals surface area contributed by atoms with Crippen molar-refractivity contribution in [3.8, 4) is 0 Å². The Bertz CT molecular complexity index is 653. The van der Waals surface area contributed by atoms with Crippen molar-refractivity contribution in [2.24, 2.45) is 7.05 Å². The molecule has 116 valence electrons. The van der Waals surface area contributed by atoms with Crippen molar-refractivity contribution in [3.05, 3.63) is 5.69 Å². The Hall–Kier alpha value is -1.64. The number of nitrogens with zero attached hydrogens (tertiary/aromatic N) is 4. The van der Waals surface area contributed by atoms with Gasteiger partial charge in [-0.2, -0.15) is 5.10 Å². The summed E-state index contributed by atoms with van der Waals surface area (Å²) in [6.45, 7) is 1.47. The lowest BCUT2D eigenvalue weighted by Gasteiger charge is -2.07. The number of halogens is 2. The quantitative estimate of drug-likeness (QED) is 0.792. The van der Waals surface area contributed by atoms with Crippen LogP contribution in [0, 0.1) is 0 Å². The first-order chi connectivity index (χ1) is 9.93. The average Bonchev–Trinajstić information content (AvgIpc) is 2.87. The molecule has 2 aromatic rings. The second-order valence-electron chi connectivity index (χ2n) is 4.57. The highest BCUT2D eigenvalue weighted by molar-refractivity contribution is 7.99. The Labute approximate surface area is 124 Å². The van der Waals surface area contributed by atoms with Crippen LogP contribution < -0.4 is 0 Å². The van der Waals surface area contributed by atoms with Gasteiger partial charge in [-0.15, -0.1) is 0 Å². The average molecular weight is 318 g/mol. The third-order valence-corrected chi connectivity index (χ3v) is 3.85. The number of fused-ring (bicyclic) bond motifs is 1. The third-order valence-electron chi connectivity index (χ3n) is 2.89. The minimum atomic E-state index is -2.55. The summed E-state index contributed by atoms with van der Waals surface area (Å²) in [4.78, 5) is 15.0. The van der Waals surface area contributed by atoms with E-state index in [0.29, 0.717) is 17.6 Å². The van der Waals surface area contributed by atoms with E-state index in [4.69, 9.17) is 5.11 Å². The Morgan fingerprint density at radius 1 is 1.48 bits per heavy atom. The molecule has 21 heavy (non-hydrogen) atoms. The zero-order chi connectivity index (χ0) is 15.6. The van der Waals surface area contributed by atoms with Crippen LogP contribution in [0.1, 0.15) is 19.0 Å². The number of hydrogen-bond donors (Lipinski definition) is 1. The van der Waals surface area contributed by atoms with Gasteiger partial charge in [-0.25, -0.2) is 13.8 Å². The molecule has 9 heteroatoms. The van der Waals surface area contributed by atoms with Crippen molar-refractivity contribution in [1.82, 2.24) is 19.3 Å². The van der Waals surface area contributed by atoms with E-state index < -0.39 is 18.9 Å². The van der Waals surface area contributed by atoms with Crippen LogP contribution in [0.25, 0.3) is 11.2 Å². The van der Waals surface area contributed by atoms with Crippen molar-refractivity contribution in [2.75, 3.05) is 5.75 Å². The molecule has 0 fully saturated rings. The first-order valence-corrected chi connectivity index (χ1v) is 7.47. The summed E-state index contributed by atoms with van der Waals surface area (Å²) >= 11 is 0.941. The van der Waals surface area contributed by atoms with Crippen molar-refractivity contribution < 1.29 is 18.7 Å². The van der Waals surface area contributed by atoms with Gasteiger partial charge in [-0.3, -0.25) is 14.0 Å². The van der Waals surface area contributed by atoms with Gasteiger partial charge in [0.05, 0.1) is 18.0 Å². The van der Waals surface area contributed by atoms with E-state index >= 15 is 0 Å². The van der Waals surface area contributed by atoms with Crippen molar-refractivity contribution >= 4 is 28.9 Å². The number of rotatable bonds is 7. The van der Waals surface area contributed by atoms with Crippen molar-refractivity contribution in [1.29, 1.82) is 0 Å². The normalized spacial score (nSPS) is 11.7. The molecule has 0 unspecified atom stereocenters. The number of aryl methyl sites for hydroxylation is 2. The predicted octanol–water partition coefficient (Wildman–Crippen LogP) is 2.16. The summed E-state index contributed by atoms with van der Waals surface area (Å²) in [5, 5.41) is 13.3. The van der Waals surface area contributed by atoms with E-state index in [1.165, 1.54) is 9.25 Å². The van der Waals surface area contributed by atoms with Gasteiger partial charge in [0.25, 0.3) is 6.43 Å². The molecular weight excluding hydrogens is 302 g/mol. The highest BCUT2D eigenvalue weighted by Crippen LogP contribution is 2.27. The predicted molar refractivity (Wildman–Crippen MR) is 74.9 cm³/mol. The van der Waals surface area contributed by atoms with E-state index in [9.17, 15) is 13.6 Å². The molecule has 2 aromatic heterocycles. The molecule has 0 atom stereocenters. The van der Waals surface area contributed by atoms with Gasteiger partial charge in [-0.05, 0) is 6.42 Å². The fraction of sp³-hybridized carbons (Fsp3) is 0.583. The van der Waals surface area contributed by atoms with E-state index in [1.54, 1.807) is 7.05 Å². The van der Waals surface area contributed by atoms with Gasteiger partial charge in [0, 0.05) is 7.05 Å². The highest BCUT2D eigenvalue weighted by Gasteiger charge is 2.21. The molecule has 0 spiro atoms. The third kappa shape index (κ3) is 3.34. The van der Waals surface area contributed by atoms with E-state index in [1.807, 2.05) is 6.92 Å². The molecule has 0 bridgehead atoms. The van der Waals surface area contributed by atoms with Crippen LogP contribution in [0.15, 0.2) is 5.16 Å². The Morgan fingerprint density at radius 3 is 2.76 bits per heavy atom. The standard InChI is InChI=1S/C12H16F2N4O2S/c1-3-4-7-10-11(17(2)16-7)18(5-8(13)14)12(15-10)21-6-9(19)20/h8H,3-6H2,1-2H3,(H,19,20). The molecule has 0 aliphatic rings. The first kappa shape index (κ1) is 15.7. The topological polar surface area (TPSA) is 72.9 Å². The number of carboxylic acid groups (broad SMARTS) is 1. The monoisotopic (exact) mass is 318 g/mol. The maximum atomic E-state index is 12.8. The largest absolute Gasteiger partial charge is 0.481 e. The van der Waals surface area contributed by atoms with Crippen LogP contribution >= 0.6 is 11.8 Å². The maximum Gasteiger partial charge on any atom is 0.313 e. The molecule has 0 aromatic carbocycles. The molecule has 0 aliphatic heterocycles. The van der Waals surface area contributed by atoms with Gasteiger partial charge in [0.15, 0.2) is 10.8 Å². The van der Waals surface area contributed by atoms with Gasteiger partial charge in [0.2, 0.25) is 0 Å². The van der Waals surface area contributed by atoms with Crippen LogP contribution in [0.5, 0.6) is 0 Å². The van der Waals surface area contributed by atoms with Gasteiger partial charge in [0.1, 0.15) is 5.52 Å². The Morgan fingerprint density at radius 2 is 2.19 bits per heavy atom. The molecular formula is C12H16F2N4O2S. The van der Waals surface area contributed by atoms with Crippen LogP contribution in [0.3, 0.4) is 0 Å². The number of carboxylic acids is 1. The SMILES string of the molecule is CCCc1nn(C)c2c1nc(SCC(=O)O)n2CC(F)F. The summed E-state index contributed by atoms with van der Waals surface area (Å²) < 4.78 is 28.5. The highest BCUT2D eigenvalue weighted by atomic mass is 32.2. The molecule has 0 aliphatic carbocycles. The van der Waals surface area contributed by atoms with Crippen LogP contribution in [0.2, 0.25) is 0 Å². The fourth-order valence-corrected chi connectivity index (χ4v) is 2.89. The molecule has 2 heterocycles. The minimum absolute atomic E-state index is 0.219. The smallest absolute Gasteiger partial charge is 0.313 e. The Balaban J connectivity index is 2.50. The lowest BCUT2D eigenvalue weighted by Crippen LogP contribution is -2.11. The van der Waals surface area contributed by atoms with E-state index in [2.05, 4.69) is 10.1 Å². The zero-order valence-corrected chi connectivity index (χ0v) is 12.5. The van der Waals surface area contributed by atoms with Crippen LogP contribution in [-0.2, 0) is 24.8 Å². The molecule has 0 saturated heterocycles. The van der Waals surface area contributed by atoms with E-state index in [-0.39, 0.29) is 10.9 Å². The van der Waals surface area contributed by atoms with Crippen LogP contribution in [-0.4, -0.2) is 42.6 Å². The number of aliphatic carboxylic acids is 1. The second-order valence-corrected chi connectivity index (χ2v) is 5.51. The number of aromatic nitrogens is 4. The van der Waals surface area contributed by atoms with Gasteiger partial charge < -0.3 is 5.11 Å². The van der Waals surface area contributed by atoms with Crippen LogP contribution in [0.4, 0.5) is 8.78 Å². The summed E-state index contributed by atoms with van der Waals surface area (Å²) in [6.07, 6.45) is -0.978. The summed E-state index contributed by atoms with van der Waals surface area (Å²) in [6, 6.07) is 0. The number of imidazole rings is 1. The maximum absolute atomic E-state index is 12.8. The minimum Gasteiger partial charge on any atom is -0.481 e.